The van der Waals surface area contributed by atoms with Crippen LogP contribution in [0.4, 0.5) is 0 Å². The molecule has 5 aromatic carbocycles. The van der Waals surface area contributed by atoms with Crippen LogP contribution in [0, 0.1) is 0 Å². The largest absolute Gasteiger partial charge is 0.0619 e. The fraction of sp³-hybridized carbons (Fsp3) is 0.0714. The zero-order chi connectivity index (χ0) is 18.5. The Morgan fingerprint density at radius 2 is 1.07 bits per heavy atom. The van der Waals surface area contributed by atoms with Crippen LogP contribution in [0.2, 0.25) is 0 Å². The molecule has 28 heavy (non-hydrogen) atoms. The molecule has 0 amide bonds. The summed E-state index contributed by atoms with van der Waals surface area (Å²) in [6, 6.07) is 37.9. The standard InChI is InChI=1S/C28H20/c1-2-9-20-17-27-21(16-19(20)8-1)10-7-11-22(27)18-28-25-14-5-3-12-23(25)24-13-4-6-15-26(24)28/h1-17,28H,18H2. The summed E-state index contributed by atoms with van der Waals surface area (Å²) < 4.78 is 0. The van der Waals surface area contributed by atoms with Gasteiger partial charge in [0.05, 0.1) is 0 Å². The van der Waals surface area contributed by atoms with E-state index in [0.29, 0.717) is 5.92 Å². The zero-order valence-electron chi connectivity index (χ0n) is 15.6. The summed E-state index contributed by atoms with van der Waals surface area (Å²) in [5.41, 5.74) is 7.14. The van der Waals surface area contributed by atoms with Gasteiger partial charge in [0.1, 0.15) is 0 Å². The molecule has 0 radical (unpaired) electrons. The SMILES string of the molecule is c1ccc2c(c1)-c1ccccc1C2Cc1cccc2cc3ccccc3cc12. The van der Waals surface area contributed by atoms with Gasteiger partial charge in [-0.05, 0) is 67.9 Å². The van der Waals surface area contributed by atoms with Crippen molar-refractivity contribution in [3.8, 4) is 11.1 Å². The van der Waals surface area contributed by atoms with Gasteiger partial charge >= 0.3 is 0 Å². The highest BCUT2D eigenvalue weighted by Crippen LogP contribution is 2.46. The Kier molecular flexibility index (Phi) is 3.39. The van der Waals surface area contributed by atoms with Gasteiger partial charge in [-0.25, -0.2) is 0 Å². The number of rotatable bonds is 2. The molecule has 0 bridgehead atoms. The van der Waals surface area contributed by atoms with Gasteiger partial charge in [0, 0.05) is 5.92 Å². The first-order valence-electron chi connectivity index (χ1n) is 9.97. The number of fused-ring (bicyclic) bond motifs is 5. The Labute approximate surface area is 165 Å². The normalized spacial score (nSPS) is 13.0. The second-order valence-corrected chi connectivity index (χ2v) is 7.77. The average molecular weight is 356 g/mol. The van der Waals surface area contributed by atoms with Gasteiger partial charge in [0.15, 0.2) is 0 Å². The Balaban J connectivity index is 1.53. The van der Waals surface area contributed by atoms with E-state index in [4.69, 9.17) is 0 Å². The summed E-state index contributed by atoms with van der Waals surface area (Å²) >= 11 is 0. The third-order valence-electron chi connectivity index (χ3n) is 6.22. The zero-order valence-corrected chi connectivity index (χ0v) is 15.6. The molecule has 0 saturated carbocycles. The summed E-state index contributed by atoms with van der Waals surface area (Å²) in [5, 5.41) is 5.33. The molecule has 0 aromatic heterocycles. The van der Waals surface area contributed by atoms with Crippen LogP contribution in [-0.4, -0.2) is 0 Å². The molecule has 132 valence electrons. The van der Waals surface area contributed by atoms with E-state index < -0.39 is 0 Å². The number of benzene rings is 5. The smallest absolute Gasteiger partial charge is 0.0142 e. The highest BCUT2D eigenvalue weighted by molar-refractivity contribution is 5.99. The minimum Gasteiger partial charge on any atom is -0.0619 e. The van der Waals surface area contributed by atoms with Crippen LogP contribution in [0.1, 0.15) is 22.6 Å². The van der Waals surface area contributed by atoms with Gasteiger partial charge in [-0.2, -0.15) is 0 Å². The first-order chi connectivity index (χ1) is 13.9. The van der Waals surface area contributed by atoms with Crippen molar-refractivity contribution in [2.24, 2.45) is 0 Å². The Bertz CT molecular complexity index is 1300. The van der Waals surface area contributed by atoms with Gasteiger partial charge in [0.2, 0.25) is 0 Å². The average Bonchev–Trinajstić information content (AvgIpc) is 3.07. The van der Waals surface area contributed by atoms with Gasteiger partial charge in [0.25, 0.3) is 0 Å². The lowest BCUT2D eigenvalue weighted by Gasteiger charge is -2.16. The summed E-state index contributed by atoms with van der Waals surface area (Å²) in [6.07, 6.45) is 1.03. The highest BCUT2D eigenvalue weighted by atomic mass is 14.3. The summed E-state index contributed by atoms with van der Waals surface area (Å²) in [7, 11) is 0. The molecule has 0 nitrogen and oxygen atoms in total. The van der Waals surface area contributed by atoms with Crippen molar-refractivity contribution in [2.75, 3.05) is 0 Å². The lowest BCUT2D eigenvalue weighted by atomic mass is 9.87. The molecular weight excluding hydrogens is 336 g/mol. The van der Waals surface area contributed by atoms with E-state index in [1.807, 2.05) is 0 Å². The van der Waals surface area contributed by atoms with E-state index in [1.165, 1.54) is 49.4 Å². The molecule has 0 spiro atoms. The van der Waals surface area contributed by atoms with Crippen LogP contribution in [0.5, 0.6) is 0 Å². The molecule has 0 aliphatic heterocycles. The van der Waals surface area contributed by atoms with Gasteiger partial charge in [-0.3, -0.25) is 0 Å². The Morgan fingerprint density at radius 1 is 0.500 bits per heavy atom. The fourth-order valence-electron chi connectivity index (χ4n) is 4.91. The van der Waals surface area contributed by atoms with Crippen LogP contribution < -0.4 is 0 Å². The van der Waals surface area contributed by atoms with E-state index >= 15 is 0 Å². The molecule has 0 N–H and O–H groups in total. The van der Waals surface area contributed by atoms with E-state index in [-0.39, 0.29) is 0 Å². The van der Waals surface area contributed by atoms with Crippen molar-refractivity contribution >= 4 is 21.5 Å². The Morgan fingerprint density at radius 3 is 1.79 bits per heavy atom. The first-order valence-corrected chi connectivity index (χ1v) is 9.97. The molecule has 6 rings (SSSR count). The monoisotopic (exact) mass is 356 g/mol. The summed E-state index contributed by atoms with van der Waals surface area (Å²) in [6.45, 7) is 0. The molecule has 1 aliphatic rings. The summed E-state index contributed by atoms with van der Waals surface area (Å²) in [5.74, 6) is 0.421. The van der Waals surface area contributed by atoms with Gasteiger partial charge in [-0.1, -0.05) is 91.0 Å². The lowest BCUT2D eigenvalue weighted by molar-refractivity contribution is 0.832. The molecule has 0 unspecified atom stereocenters. The molecule has 0 heterocycles. The predicted molar refractivity (Wildman–Crippen MR) is 119 cm³/mol. The van der Waals surface area contributed by atoms with E-state index in [1.54, 1.807) is 0 Å². The van der Waals surface area contributed by atoms with Crippen LogP contribution in [0.15, 0.2) is 103 Å². The van der Waals surface area contributed by atoms with Gasteiger partial charge < -0.3 is 0 Å². The summed E-state index contributed by atoms with van der Waals surface area (Å²) in [4.78, 5) is 0. The second-order valence-electron chi connectivity index (χ2n) is 7.77. The van der Waals surface area contributed by atoms with Crippen molar-refractivity contribution in [1.29, 1.82) is 0 Å². The lowest BCUT2D eigenvalue weighted by Crippen LogP contribution is -2.02. The second kappa shape index (κ2) is 6.07. The third kappa shape index (κ3) is 2.31. The number of hydrogen-bond donors (Lipinski definition) is 0. The van der Waals surface area contributed by atoms with Crippen LogP contribution in [0.25, 0.3) is 32.7 Å². The van der Waals surface area contributed by atoms with Crippen LogP contribution in [0.3, 0.4) is 0 Å². The first kappa shape index (κ1) is 15.7. The third-order valence-corrected chi connectivity index (χ3v) is 6.22. The van der Waals surface area contributed by atoms with Crippen molar-refractivity contribution in [1.82, 2.24) is 0 Å². The molecule has 1 aliphatic carbocycles. The predicted octanol–water partition coefficient (Wildman–Crippen LogP) is 7.35. The van der Waals surface area contributed by atoms with E-state index in [2.05, 4.69) is 103 Å². The molecule has 0 heteroatoms. The van der Waals surface area contributed by atoms with Crippen molar-refractivity contribution < 1.29 is 0 Å². The molecule has 0 fully saturated rings. The van der Waals surface area contributed by atoms with Crippen molar-refractivity contribution in [3.05, 3.63) is 120 Å². The maximum Gasteiger partial charge on any atom is 0.0142 e. The highest BCUT2D eigenvalue weighted by Gasteiger charge is 2.28. The minimum atomic E-state index is 0.421. The van der Waals surface area contributed by atoms with E-state index in [9.17, 15) is 0 Å². The van der Waals surface area contributed by atoms with E-state index in [0.717, 1.165) is 6.42 Å². The quantitative estimate of drug-likeness (QED) is 0.290. The van der Waals surface area contributed by atoms with Crippen molar-refractivity contribution in [3.63, 3.8) is 0 Å². The maximum absolute atomic E-state index is 2.37. The minimum absolute atomic E-state index is 0.421. The van der Waals surface area contributed by atoms with Gasteiger partial charge in [-0.15, -0.1) is 0 Å². The molecule has 0 atom stereocenters. The van der Waals surface area contributed by atoms with Crippen molar-refractivity contribution in [2.45, 2.75) is 12.3 Å². The topological polar surface area (TPSA) is 0 Å². The fourth-order valence-corrected chi connectivity index (χ4v) is 4.91. The Hall–Kier alpha value is -3.38. The maximum atomic E-state index is 2.37. The van der Waals surface area contributed by atoms with Crippen LogP contribution >= 0.6 is 0 Å². The number of hydrogen-bond acceptors (Lipinski definition) is 0. The molecular formula is C28H20. The van der Waals surface area contributed by atoms with Crippen LogP contribution in [-0.2, 0) is 6.42 Å². The molecule has 0 saturated heterocycles. The molecule has 5 aromatic rings.